The van der Waals surface area contributed by atoms with Gasteiger partial charge >= 0.3 is 5.97 Å². The zero-order chi connectivity index (χ0) is 21.9. The van der Waals surface area contributed by atoms with Gasteiger partial charge in [0.25, 0.3) is 0 Å². The molecule has 1 aromatic heterocycles. The summed E-state index contributed by atoms with van der Waals surface area (Å²) in [6.45, 7) is 5.50. The fourth-order valence-electron chi connectivity index (χ4n) is 3.42. The summed E-state index contributed by atoms with van der Waals surface area (Å²) >= 11 is 0. The maximum atomic E-state index is 12.7. The second-order valence-corrected chi connectivity index (χ2v) is 8.72. The number of hydrogen-bond acceptors (Lipinski definition) is 5. The number of Topliss-reactive ketones (excluding diaryl/α,β-unsaturated/α-hetero) is 1. The van der Waals surface area contributed by atoms with E-state index in [1.165, 1.54) is 28.6 Å². The van der Waals surface area contributed by atoms with Crippen LogP contribution in [0.15, 0.2) is 53.4 Å². The molecule has 0 saturated heterocycles. The van der Waals surface area contributed by atoms with Crippen molar-refractivity contribution < 1.29 is 22.7 Å². The van der Waals surface area contributed by atoms with Gasteiger partial charge in [-0.15, -0.1) is 0 Å². The van der Waals surface area contributed by atoms with Gasteiger partial charge < -0.3 is 9.72 Å². The van der Waals surface area contributed by atoms with Gasteiger partial charge in [-0.2, -0.15) is 4.31 Å². The normalized spacial score (nSPS) is 11.7. The number of aromatic nitrogens is 1. The van der Waals surface area contributed by atoms with E-state index in [4.69, 9.17) is 4.74 Å². The van der Waals surface area contributed by atoms with Crippen molar-refractivity contribution in [3.63, 3.8) is 0 Å². The van der Waals surface area contributed by atoms with Crippen LogP contribution in [0.5, 0.6) is 0 Å². The minimum atomic E-state index is -3.70. The van der Waals surface area contributed by atoms with Crippen molar-refractivity contribution in [2.75, 3.05) is 19.7 Å². The highest BCUT2D eigenvalue weighted by Gasteiger charge is 2.23. The molecule has 7 nitrogen and oxygen atoms in total. The SMILES string of the molecule is CCN(CC)S(=O)(=O)c1cccc(C(=O)OCC(=O)c2c(C)[nH]c3ccccc23)c1. The number of ether oxygens (including phenoxy) is 1. The van der Waals surface area contributed by atoms with Crippen LogP contribution >= 0.6 is 0 Å². The third-order valence-corrected chi connectivity index (χ3v) is 6.97. The highest BCUT2D eigenvalue weighted by molar-refractivity contribution is 7.89. The summed E-state index contributed by atoms with van der Waals surface area (Å²) in [7, 11) is -3.70. The number of nitrogens with zero attached hydrogens (tertiary/aromatic N) is 1. The fourth-order valence-corrected chi connectivity index (χ4v) is 4.92. The van der Waals surface area contributed by atoms with Crippen LogP contribution in [0.3, 0.4) is 0 Å². The summed E-state index contributed by atoms with van der Waals surface area (Å²) < 4.78 is 31.8. The largest absolute Gasteiger partial charge is 0.454 e. The number of aryl methyl sites for hydroxylation is 1. The van der Waals surface area contributed by atoms with Gasteiger partial charge in [0.15, 0.2) is 6.61 Å². The minimum absolute atomic E-state index is 0.0134. The molecule has 158 valence electrons. The zero-order valence-electron chi connectivity index (χ0n) is 17.1. The Balaban J connectivity index is 1.77. The predicted octanol–water partition coefficient (Wildman–Crippen LogP) is 3.55. The first-order valence-electron chi connectivity index (χ1n) is 9.67. The standard InChI is InChI=1S/C22H24N2O5S/c1-4-24(5-2)30(27,28)17-10-8-9-16(13-17)22(26)29-14-20(25)21-15(3)23-19-12-7-6-11-18(19)21/h6-13,23H,4-5,14H2,1-3H3. The lowest BCUT2D eigenvalue weighted by molar-refractivity contribution is 0.0474. The van der Waals surface area contributed by atoms with Crippen LogP contribution in [-0.4, -0.2) is 49.2 Å². The van der Waals surface area contributed by atoms with Gasteiger partial charge in [-0.25, -0.2) is 13.2 Å². The van der Waals surface area contributed by atoms with Crippen LogP contribution in [0.1, 0.15) is 40.3 Å². The van der Waals surface area contributed by atoms with Crippen molar-refractivity contribution in [1.29, 1.82) is 0 Å². The van der Waals surface area contributed by atoms with Gasteiger partial charge in [0.1, 0.15) is 0 Å². The molecule has 0 spiro atoms. The highest BCUT2D eigenvalue weighted by atomic mass is 32.2. The molecule has 3 aromatic rings. The number of ketones is 1. The molecule has 0 unspecified atom stereocenters. The van der Waals surface area contributed by atoms with Crippen molar-refractivity contribution in [2.24, 2.45) is 0 Å². The molecular formula is C22H24N2O5S. The Labute approximate surface area is 175 Å². The minimum Gasteiger partial charge on any atom is -0.454 e. The summed E-state index contributed by atoms with van der Waals surface area (Å²) in [6, 6.07) is 13.1. The van der Waals surface area contributed by atoms with Crippen LogP contribution in [0.25, 0.3) is 10.9 Å². The molecule has 30 heavy (non-hydrogen) atoms. The molecule has 8 heteroatoms. The maximum Gasteiger partial charge on any atom is 0.338 e. The Morgan fingerprint density at radius 2 is 1.73 bits per heavy atom. The summed E-state index contributed by atoms with van der Waals surface area (Å²) in [5, 5.41) is 0.767. The molecule has 3 rings (SSSR count). The second kappa shape index (κ2) is 8.81. The number of sulfonamides is 1. The number of para-hydroxylation sites is 1. The maximum absolute atomic E-state index is 12.7. The van der Waals surface area contributed by atoms with Crippen molar-refractivity contribution in [3.05, 3.63) is 65.4 Å². The fraction of sp³-hybridized carbons (Fsp3) is 0.273. The number of rotatable bonds is 8. The molecular weight excluding hydrogens is 404 g/mol. The monoisotopic (exact) mass is 428 g/mol. The lowest BCUT2D eigenvalue weighted by Gasteiger charge is -2.18. The lowest BCUT2D eigenvalue weighted by atomic mass is 10.1. The molecule has 0 atom stereocenters. The van der Waals surface area contributed by atoms with Gasteiger partial charge in [-0.3, -0.25) is 4.79 Å². The predicted molar refractivity (Wildman–Crippen MR) is 114 cm³/mol. The van der Waals surface area contributed by atoms with E-state index in [1.807, 2.05) is 24.3 Å². The quantitative estimate of drug-likeness (QED) is 0.437. The first kappa shape index (κ1) is 21.7. The van der Waals surface area contributed by atoms with Crippen molar-refractivity contribution in [2.45, 2.75) is 25.7 Å². The van der Waals surface area contributed by atoms with E-state index >= 15 is 0 Å². The highest BCUT2D eigenvalue weighted by Crippen LogP contribution is 2.23. The molecule has 0 aliphatic heterocycles. The summed E-state index contributed by atoms with van der Waals surface area (Å²) in [5.41, 5.74) is 2.09. The average molecular weight is 429 g/mol. The molecule has 0 saturated carbocycles. The number of H-pyrrole nitrogens is 1. The van der Waals surface area contributed by atoms with Crippen molar-refractivity contribution >= 4 is 32.7 Å². The van der Waals surface area contributed by atoms with Gasteiger partial charge in [0, 0.05) is 35.2 Å². The number of carbonyl (C=O) groups excluding carboxylic acids is 2. The van der Waals surface area contributed by atoms with Gasteiger partial charge in [-0.1, -0.05) is 38.1 Å². The van der Waals surface area contributed by atoms with Crippen LogP contribution in [0, 0.1) is 6.92 Å². The van der Waals surface area contributed by atoms with Gasteiger partial charge in [0.2, 0.25) is 15.8 Å². The van der Waals surface area contributed by atoms with Gasteiger partial charge in [0.05, 0.1) is 10.5 Å². The molecule has 0 aliphatic carbocycles. The summed E-state index contributed by atoms with van der Waals surface area (Å²) in [6.07, 6.45) is 0. The molecule has 0 radical (unpaired) electrons. The smallest absolute Gasteiger partial charge is 0.338 e. The number of benzene rings is 2. The van der Waals surface area contributed by atoms with Crippen LogP contribution < -0.4 is 0 Å². The van der Waals surface area contributed by atoms with E-state index in [2.05, 4.69) is 4.98 Å². The topological polar surface area (TPSA) is 96.5 Å². The first-order chi connectivity index (χ1) is 14.3. The molecule has 1 heterocycles. The third kappa shape index (κ3) is 4.15. The number of nitrogens with one attached hydrogen (secondary N) is 1. The Morgan fingerprint density at radius 1 is 1.03 bits per heavy atom. The summed E-state index contributed by atoms with van der Waals surface area (Å²) in [4.78, 5) is 28.3. The lowest BCUT2D eigenvalue weighted by Crippen LogP contribution is -2.30. The van der Waals surface area contributed by atoms with E-state index in [-0.39, 0.29) is 16.2 Å². The van der Waals surface area contributed by atoms with Gasteiger partial charge in [-0.05, 0) is 31.2 Å². The van der Waals surface area contributed by atoms with E-state index in [1.54, 1.807) is 20.8 Å². The molecule has 0 aliphatic rings. The Kier molecular flexibility index (Phi) is 6.38. The third-order valence-electron chi connectivity index (χ3n) is 4.92. The van der Waals surface area contributed by atoms with Crippen molar-refractivity contribution in [1.82, 2.24) is 9.29 Å². The van der Waals surface area contributed by atoms with Crippen LogP contribution in [0.4, 0.5) is 0 Å². The number of carbonyl (C=O) groups is 2. The Bertz CT molecular complexity index is 1190. The van der Waals surface area contributed by atoms with Crippen LogP contribution in [-0.2, 0) is 14.8 Å². The zero-order valence-corrected chi connectivity index (χ0v) is 18.0. The molecule has 2 aromatic carbocycles. The Morgan fingerprint density at radius 3 is 2.43 bits per heavy atom. The summed E-state index contributed by atoms with van der Waals surface area (Å²) in [5.74, 6) is -1.08. The number of hydrogen-bond donors (Lipinski definition) is 1. The number of fused-ring (bicyclic) bond motifs is 1. The van der Waals surface area contributed by atoms with E-state index in [0.29, 0.717) is 24.3 Å². The van der Waals surface area contributed by atoms with Crippen molar-refractivity contribution in [3.8, 4) is 0 Å². The van der Waals surface area contributed by atoms with E-state index in [9.17, 15) is 18.0 Å². The molecule has 0 amide bonds. The molecule has 0 fully saturated rings. The number of aromatic amines is 1. The van der Waals surface area contributed by atoms with E-state index < -0.39 is 22.6 Å². The van der Waals surface area contributed by atoms with Crippen LogP contribution in [0.2, 0.25) is 0 Å². The average Bonchev–Trinajstić information content (AvgIpc) is 3.08. The molecule has 0 bridgehead atoms. The Hall–Kier alpha value is -2.97. The number of esters is 1. The second-order valence-electron chi connectivity index (χ2n) is 6.79. The molecule has 1 N–H and O–H groups in total. The first-order valence-corrected chi connectivity index (χ1v) is 11.1. The van der Waals surface area contributed by atoms with E-state index in [0.717, 1.165) is 10.9 Å².